The molecule has 0 spiro atoms. The van der Waals surface area contributed by atoms with Crippen molar-refractivity contribution in [3.8, 4) is 6.07 Å². The van der Waals surface area contributed by atoms with Gasteiger partial charge in [0.05, 0.1) is 27.7 Å². The first kappa shape index (κ1) is 19.2. The topological polar surface area (TPSA) is 149 Å². The predicted molar refractivity (Wildman–Crippen MR) is 108 cm³/mol. The molecule has 0 bridgehead atoms. The first-order chi connectivity index (χ1) is 14.5. The summed E-state index contributed by atoms with van der Waals surface area (Å²) in [6.45, 7) is 0. The Morgan fingerprint density at radius 3 is 2.47 bits per heavy atom. The number of anilines is 1. The van der Waals surface area contributed by atoms with Crippen LogP contribution in [0.5, 0.6) is 0 Å². The molecule has 2 aromatic heterocycles. The number of para-hydroxylation sites is 2. The van der Waals surface area contributed by atoms with Crippen LogP contribution >= 0.6 is 0 Å². The molecule has 0 aliphatic rings. The van der Waals surface area contributed by atoms with E-state index in [1.807, 2.05) is 30.3 Å². The summed E-state index contributed by atoms with van der Waals surface area (Å²) >= 11 is 0. The Kier molecular flexibility index (Phi) is 5.15. The summed E-state index contributed by atoms with van der Waals surface area (Å²) in [6.07, 6.45) is 2.86. The summed E-state index contributed by atoms with van der Waals surface area (Å²) in [4.78, 5) is 15.1. The Morgan fingerprint density at radius 1 is 1.03 bits per heavy atom. The van der Waals surface area contributed by atoms with Gasteiger partial charge in [0.2, 0.25) is 12.0 Å². The van der Waals surface area contributed by atoms with Crippen LogP contribution in [0.1, 0.15) is 11.9 Å². The van der Waals surface area contributed by atoms with Crippen LogP contribution in [0.15, 0.2) is 82.1 Å². The molecule has 0 amide bonds. The zero-order valence-corrected chi connectivity index (χ0v) is 16.2. The lowest BCUT2D eigenvalue weighted by molar-refractivity contribution is 0.601. The molecular weight excluding hydrogens is 404 g/mol. The van der Waals surface area contributed by atoms with E-state index in [1.54, 1.807) is 6.07 Å². The average Bonchev–Trinajstić information content (AvgIpc) is 3.19. The average molecular weight is 418 g/mol. The van der Waals surface area contributed by atoms with E-state index >= 15 is 0 Å². The van der Waals surface area contributed by atoms with Crippen molar-refractivity contribution >= 4 is 32.7 Å². The molecule has 2 N–H and O–H groups in total. The van der Waals surface area contributed by atoms with Gasteiger partial charge < -0.3 is 4.98 Å². The summed E-state index contributed by atoms with van der Waals surface area (Å²) < 4.78 is 27.1. The molecule has 148 valence electrons. The number of aromatic nitrogens is 4. The smallest absolute Gasteiger partial charge is 0.264 e. The van der Waals surface area contributed by atoms with Crippen LogP contribution in [0.3, 0.4) is 0 Å². The van der Waals surface area contributed by atoms with Gasteiger partial charge in [0, 0.05) is 12.4 Å². The Morgan fingerprint density at radius 2 is 1.77 bits per heavy atom. The number of nitrogens with zero attached hydrogens (tertiary/aromatic N) is 6. The van der Waals surface area contributed by atoms with Gasteiger partial charge in [-0.2, -0.15) is 15.5 Å². The first-order valence-electron chi connectivity index (χ1n) is 8.70. The lowest BCUT2D eigenvalue weighted by Crippen LogP contribution is -2.14. The van der Waals surface area contributed by atoms with Gasteiger partial charge in [0.1, 0.15) is 5.82 Å². The van der Waals surface area contributed by atoms with Crippen molar-refractivity contribution in [2.45, 2.75) is 10.9 Å². The van der Waals surface area contributed by atoms with E-state index in [0.717, 1.165) is 11.0 Å². The van der Waals surface area contributed by atoms with E-state index in [4.69, 9.17) is 0 Å². The van der Waals surface area contributed by atoms with Crippen molar-refractivity contribution in [1.29, 1.82) is 5.26 Å². The molecule has 1 unspecified atom stereocenters. The SMILES string of the molecule is N#CC(N=Nc1ccc(S(=O)(=O)Nc2ncccn2)cc1)c1nc2ccccc2[nH]1. The van der Waals surface area contributed by atoms with Gasteiger partial charge in [-0.25, -0.2) is 28.1 Å². The highest BCUT2D eigenvalue weighted by Gasteiger charge is 2.16. The number of hydrogen-bond donors (Lipinski definition) is 2. The van der Waals surface area contributed by atoms with Crippen molar-refractivity contribution < 1.29 is 8.42 Å². The predicted octanol–water partition coefficient (Wildman–Crippen LogP) is 3.50. The van der Waals surface area contributed by atoms with Crippen LogP contribution in [0.25, 0.3) is 11.0 Å². The molecule has 4 aromatic rings. The standard InChI is InChI=1S/C19H14N8O2S/c20-12-17(18-23-15-4-1-2-5-16(15)24-18)26-25-13-6-8-14(9-7-13)30(28,29)27-19-21-10-3-11-22-19/h1-11,17H,(H,23,24)(H,21,22,27). The molecule has 0 fully saturated rings. The van der Waals surface area contributed by atoms with Crippen molar-refractivity contribution in [2.24, 2.45) is 10.2 Å². The van der Waals surface area contributed by atoms with E-state index in [-0.39, 0.29) is 10.8 Å². The van der Waals surface area contributed by atoms with E-state index < -0.39 is 16.1 Å². The Balaban J connectivity index is 1.51. The number of azo groups is 1. The molecule has 30 heavy (non-hydrogen) atoms. The molecule has 0 aliphatic carbocycles. The van der Waals surface area contributed by atoms with Crippen LogP contribution in [0.4, 0.5) is 11.6 Å². The molecule has 1 atom stereocenters. The maximum Gasteiger partial charge on any atom is 0.264 e. The molecule has 0 radical (unpaired) electrons. The third kappa shape index (κ3) is 4.13. The Labute approximate surface area is 171 Å². The summed E-state index contributed by atoms with van der Waals surface area (Å²) in [5, 5.41) is 17.5. The second-order valence-corrected chi connectivity index (χ2v) is 7.74. The van der Waals surface area contributed by atoms with Gasteiger partial charge in [-0.05, 0) is 42.5 Å². The van der Waals surface area contributed by atoms with Gasteiger partial charge >= 0.3 is 0 Å². The second-order valence-electron chi connectivity index (χ2n) is 6.06. The first-order valence-corrected chi connectivity index (χ1v) is 10.2. The lowest BCUT2D eigenvalue weighted by atomic mass is 10.3. The van der Waals surface area contributed by atoms with Crippen molar-refractivity contribution in [1.82, 2.24) is 19.9 Å². The van der Waals surface area contributed by atoms with Gasteiger partial charge in [-0.1, -0.05) is 12.1 Å². The zero-order chi connectivity index (χ0) is 21.0. The van der Waals surface area contributed by atoms with Crippen LogP contribution < -0.4 is 4.72 Å². The lowest BCUT2D eigenvalue weighted by Gasteiger charge is -2.06. The molecule has 0 aliphatic heterocycles. The van der Waals surface area contributed by atoms with E-state index in [9.17, 15) is 13.7 Å². The molecular formula is C19H14N8O2S. The van der Waals surface area contributed by atoms with Crippen molar-refractivity contribution in [2.75, 3.05) is 4.72 Å². The summed E-state index contributed by atoms with van der Waals surface area (Å²) in [5.41, 5.74) is 1.92. The van der Waals surface area contributed by atoms with Gasteiger partial charge in [0.25, 0.3) is 10.0 Å². The van der Waals surface area contributed by atoms with Crippen molar-refractivity contribution in [3.63, 3.8) is 0 Å². The molecule has 10 nitrogen and oxygen atoms in total. The number of imidazole rings is 1. The van der Waals surface area contributed by atoms with Crippen molar-refractivity contribution in [3.05, 3.63) is 72.8 Å². The fraction of sp³-hybridized carbons (Fsp3) is 0.0526. The zero-order valence-electron chi connectivity index (χ0n) is 15.3. The minimum absolute atomic E-state index is 0.0167. The normalized spacial score (nSPS) is 12.6. The quantitative estimate of drug-likeness (QED) is 0.458. The number of H-pyrrole nitrogens is 1. The van der Waals surface area contributed by atoms with Gasteiger partial charge in [0.15, 0.2) is 0 Å². The minimum atomic E-state index is -3.84. The largest absolute Gasteiger partial charge is 0.339 e. The third-order valence-electron chi connectivity index (χ3n) is 4.02. The molecule has 4 rings (SSSR count). The minimum Gasteiger partial charge on any atom is -0.339 e. The van der Waals surface area contributed by atoms with E-state index in [1.165, 1.54) is 36.7 Å². The molecule has 11 heteroatoms. The number of fused-ring (bicyclic) bond motifs is 1. The monoisotopic (exact) mass is 418 g/mol. The van der Waals surface area contributed by atoms with E-state index in [0.29, 0.717) is 11.5 Å². The van der Waals surface area contributed by atoms with E-state index in [2.05, 4.69) is 34.9 Å². The number of sulfonamides is 1. The van der Waals surface area contributed by atoms with Crippen LogP contribution in [0.2, 0.25) is 0 Å². The molecule has 0 saturated heterocycles. The highest BCUT2D eigenvalue weighted by Crippen LogP contribution is 2.23. The molecule has 2 aromatic carbocycles. The maximum absolute atomic E-state index is 12.4. The number of benzene rings is 2. The molecule has 0 saturated carbocycles. The fourth-order valence-corrected chi connectivity index (χ4v) is 3.55. The third-order valence-corrected chi connectivity index (χ3v) is 5.36. The van der Waals surface area contributed by atoms with Crippen LogP contribution in [0, 0.1) is 11.3 Å². The fourth-order valence-electron chi connectivity index (χ4n) is 2.59. The highest BCUT2D eigenvalue weighted by molar-refractivity contribution is 7.92. The van der Waals surface area contributed by atoms with Crippen LogP contribution in [-0.2, 0) is 10.0 Å². The highest BCUT2D eigenvalue weighted by atomic mass is 32.2. The van der Waals surface area contributed by atoms with Crippen LogP contribution in [-0.4, -0.2) is 28.4 Å². The molecule has 2 heterocycles. The number of rotatable bonds is 6. The van der Waals surface area contributed by atoms with Gasteiger partial charge in [-0.3, -0.25) is 0 Å². The number of nitrogens with one attached hydrogen (secondary N) is 2. The second kappa shape index (κ2) is 8.06. The number of aromatic amines is 1. The summed E-state index contributed by atoms with van der Waals surface area (Å²) in [5.74, 6) is 0.359. The summed E-state index contributed by atoms with van der Waals surface area (Å²) in [7, 11) is -3.84. The summed E-state index contributed by atoms with van der Waals surface area (Å²) in [6, 6.07) is 15.8. The Hall–Kier alpha value is -4.17. The maximum atomic E-state index is 12.4. The van der Waals surface area contributed by atoms with Gasteiger partial charge in [-0.15, -0.1) is 0 Å². The number of nitriles is 1. The number of hydrogen-bond acceptors (Lipinski definition) is 8. The Bertz CT molecular complexity index is 1310.